The van der Waals surface area contributed by atoms with Crippen molar-refractivity contribution in [1.82, 2.24) is 0 Å². The van der Waals surface area contributed by atoms with Crippen molar-refractivity contribution >= 4 is 5.71 Å². The lowest BCUT2D eigenvalue weighted by molar-refractivity contribution is 1.42. The summed E-state index contributed by atoms with van der Waals surface area (Å²) in [5.74, 6) is 0. The Morgan fingerprint density at radius 2 is 1.89 bits per heavy atom. The van der Waals surface area contributed by atoms with Gasteiger partial charge in [0.25, 0.3) is 0 Å². The first-order valence-electron chi connectivity index (χ1n) is 3.03. The predicted molar refractivity (Wildman–Crippen MR) is 42.0 cm³/mol. The average Bonchev–Trinajstić information content (AvgIpc) is 1.82. The number of nitrogens with one attached hydrogen (secondary N) is 1. The van der Waals surface area contributed by atoms with Crippen molar-refractivity contribution < 1.29 is 0 Å². The van der Waals surface area contributed by atoms with E-state index in [9.17, 15) is 0 Å². The molecule has 50 valence electrons. The van der Waals surface area contributed by atoms with E-state index in [4.69, 9.17) is 5.41 Å². The Bertz CT molecular complexity index is 152. The van der Waals surface area contributed by atoms with E-state index in [2.05, 4.69) is 0 Å². The van der Waals surface area contributed by atoms with Crippen LogP contribution in [0.15, 0.2) is 23.8 Å². The molecule has 0 heterocycles. The lowest BCUT2D eigenvalue weighted by Gasteiger charge is -1.91. The Hall–Kier alpha value is -0.850. The van der Waals surface area contributed by atoms with Gasteiger partial charge in [-0.3, -0.25) is 0 Å². The zero-order valence-corrected chi connectivity index (χ0v) is 6.23. The van der Waals surface area contributed by atoms with Crippen LogP contribution in [-0.2, 0) is 0 Å². The van der Waals surface area contributed by atoms with Crippen LogP contribution in [0.1, 0.15) is 20.8 Å². The molecule has 0 aliphatic heterocycles. The minimum absolute atomic E-state index is 0.633. The first-order chi connectivity index (χ1) is 4.18. The molecule has 0 radical (unpaired) electrons. The summed E-state index contributed by atoms with van der Waals surface area (Å²) in [6.45, 7) is 5.68. The number of hydrogen-bond donors (Lipinski definition) is 1. The maximum Gasteiger partial charge on any atom is 0.0312 e. The van der Waals surface area contributed by atoms with E-state index < -0.39 is 0 Å². The second-order valence-electron chi connectivity index (χ2n) is 2.00. The Morgan fingerprint density at radius 3 is 2.22 bits per heavy atom. The molecule has 0 aromatic rings. The molecule has 1 heteroatoms. The Kier molecular flexibility index (Phi) is 3.69. The molecule has 0 fully saturated rings. The van der Waals surface area contributed by atoms with Gasteiger partial charge < -0.3 is 5.41 Å². The van der Waals surface area contributed by atoms with Gasteiger partial charge in [0.05, 0.1) is 0 Å². The van der Waals surface area contributed by atoms with Crippen LogP contribution in [0, 0.1) is 5.41 Å². The molecule has 0 saturated heterocycles. The number of allylic oxidation sites excluding steroid dienone is 4. The van der Waals surface area contributed by atoms with E-state index in [1.807, 2.05) is 32.1 Å². The maximum atomic E-state index is 7.18. The van der Waals surface area contributed by atoms with Crippen molar-refractivity contribution in [3.05, 3.63) is 23.8 Å². The predicted octanol–water partition coefficient (Wildman–Crippen LogP) is 2.55. The van der Waals surface area contributed by atoms with Gasteiger partial charge in [0.2, 0.25) is 0 Å². The SMILES string of the molecule is CC=C/C=C(\C)C(C)=N. The average molecular weight is 123 g/mol. The first-order valence-corrected chi connectivity index (χ1v) is 3.03. The smallest absolute Gasteiger partial charge is 0.0312 e. The molecule has 0 aliphatic rings. The van der Waals surface area contributed by atoms with Crippen molar-refractivity contribution in [1.29, 1.82) is 5.41 Å². The molecule has 0 aliphatic carbocycles. The largest absolute Gasteiger partial charge is 0.305 e. The van der Waals surface area contributed by atoms with E-state index in [1.165, 1.54) is 0 Å². The van der Waals surface area contributed by atoms with Gasteiger partial charge >= 0.3 is 0 Å². The summed E-state index contributed by atoms with van der Waals surface area (Å²) in [6, 6.07) is 0. The van der Waals surface area contributed by atoms with Gasteiger partial charge in [-0.15, -0.1) is 0 Å². The minimum Gasteiger partial charge on any atom is -0.305 e. The van der Waals surface area contributed by atoms with Gasteiger partial charge in [0.1, 0.15) is 0 Å². The summed E-state index contributed by atoms with van der Waals surface area (Å²) in [6.07, 6.45) is 5.82. The summed E-state index contributed by atoms with van der Waals surface area (Å²) >= 11 is 0. The van der Waals surface area contributed by atoms with Crippen LogP contribution >= 0.6 is 0 Å². The fourth-order valence-electron chi connectivity index (χ4n) is 0.366. The van der Waals surface area contributed by atoms with E-state index in [1.54, 1.807) is 6.92 Å². The van der Waals surface area contributed by atoms with E-state index >= 15 is 0 Å². The van der Waals surface area contributed by atoms with Crippen LogP contribution in [0.2, 0.25) is 0 Å². The summed E-state index contributed by atoms with van der Waals surface area (Å²) in [7, 11) is 0. The minimum atomic E-state index is 0.633. The van der Waals surface area contributed by atoms with Gasteiger partial charge in [-0.05, 0) is 26.3 Å². The van der Waals surface area contributed by atoms with Crippen LogP contribution in [0.5, 0.6) is 0 Å². The van der Waals surface area contributed by atoms with E-state index in [0.717, 1.165) is 5.57 Å². The quantitative estimate of drug-likeness (QED) is 0.431. The second-order valence-corrected chi connectivity index (χ2v) is 2.00. The molecule has 0 amide bonds. The maximum absolute atomic E-state index is 7.18. The summed E-state index contributed by atoms with van der Waals surface area (Å²) in [5, 5.41) is 7.18. The third kappa shape index (κ3) is 3.71. The van der Waals surface area contributed by atoms with Crippen LogP contribution in [0.4, 0.5) is 0 Å². The number of hydrogen-bond acceptors (Lipinski definition) is 1. The summed E-state index contributed by atoms with van der Waals surface area (Å²) in [4.78, 5) is 0. The van der Waals surface area contributed by atoms with Gasteiger partial charge in [-0.1, -0.05) is 18.2 Å². The van der Waals surface area contributed by atoms with Crippen molar-refractivity contribution in [3.8, 4) is 0 Å². The molecular formula is C8H13N. The second kappa shape index (κ2) is 4.07. The van der Waals surface area contributed by atoms with Gasteiger partial charge in [-0.2, -0.15) is 0 Å². The molecule has 0 aromatic carbocycles. The van der Waals surface area contributed by atoms with Gasteiger partial charge in [0.15, 0.2) is 0 Å². The zero-order valence-electron chi connectivity index (χ0n) is 6.23. The van der Waals surface area contributed by atoms with Crippen molar-refractivity contribution in [2.75, 3.05) is 0 Å². The molecule has 0 saturated carbocycles. The van der Waals surface area contributed by atoms with Crippen molar-refractivity contribution in [2.45, 2.75) is 20.8 Å². The molecule has 0 atom stereocenters. The third-order valence-electron chi connectivity index (χ3n) is 1.13. The molecule has 0 bridgehead atoms. The lowest BCUT2D eigenvalue weighted by Crippen LogP contribution is -1.87. The van der Waals surface area contributed by atoms with Gasteiger partial charge in [-0.25, -0.2) is 0 Å². The molecule has 0 unspecified atom stereocenters. The van der Waals surface area contributed by atoms with Crippen molar-refractivity contribution in [3.63, 3.8) is 0 Å². The van der Waals surface area contributed by atoms with E-state index in [-0.39, 0.29) is 0 Å². The summed E-state index contributed by atoms with van der Waals surface area (Å²) in [5.41, 5.74) is 1.65. The fourth-order valence-corrected chi connectivity index (χ4v) is 0.366. The lowest BCUT2D eigenvalue weighted by atomic mass is 10.2. The highest BCUT2D eigenvalue weighted by atomic mass is 14.4. The Balaban J connectivity index is 4.00. The molecule has 1 nitrogen and oxygen atoms in total. The third-order valence-corrected chi connectivity index (χ3v) is 1.13. The highest BCUT2D eigenvalue weighted by Crippen LogP contribution is 1.93. The molecule has 0 spiro atoms. The van der Waals surface area contributed by atoms with Crippen molar-refractivity contribution in [2.24, 2.45) is 0 Å². The first kappa shape index (κ1) is 8.15. The molecule has 0 rings (SSSR count). The van der Waals surface area contributed by atoms with E-state index in [0.29, 0.717) is 5.71 Å². The molecular weight excluding hydrogens is 110 g/mol. The fraction of sp³-hybridized carbons (Fsp3) is 0.375. The monoisotopic (exact) mass is 123 g/mol. The highest BCUT2D eigenvalue weighted by Gasteiger charge is 1.85. The van der Waals surface area contributed by atoms with Crippen LogP contribution in [0.25, 0.3) is 0 Å². The Labute approximate surface area is 56.6 Å². The molecule has 9 heavy (non-hydrogen) atoms. The topological polar surface area (TPSA) is 23.9 Å². The highest BCUT2D eigenvalue weighted by molar-refractivity contribution is 5.95. The Morgan fingerprint density at radius 1 is 1.33 bits per heavy atom. The normalized spacial score (nSPS) is 12.6. The number of rotatable bonds is 2. The zero-order chi connectivity index (χ0) is 7.28. The van der Waals surface area contributed by atoms with Gasteiger partial charge in [0, 0.05) is 5.71 Å². The standard InChI is InChI=1S/C8H13N/c1-4-5-6-7(2)8(3)9/h4-6,9H,1-3H3/b5-4?,7-6+,9-8?. The molecule has 1 N–H and O–H groups in total. The van der Waals surface area contributed by atoms with Crippen LogP contribution in [0.3, 0.4) is 0 Å². The van der Waals surface area contributed by atoms with Crippen LogP contribution < -0.4 is 0 Å². The van der Waals surface area contributed by atoms with Crippen LogP contribution in [-0.4, -0.2) is 5.71 Å². The summed E-state index contributed by atoms with van der Waals surface area (Å²) < 4.78 is 0. The molecule has 0 aromatic heterocycles.